The molecule has 0 amide bonds. The van der Waals surface area contributed by atoms with Crippen molar-refractivity contribution in [3.8, 4) is 11.3 Å². The second kappa shape index (κ2) is 7.24. The standard InChI is InChI=1S/C15H17ClN2O2/c1-2-7-18(8-9-19)11-15-17-10-14(20-15)12-5-3-4-6-13(12)16/h2-6,10,19H,1,7-9,11H2. The van der Waals surface area contributed by atoms with E-state index in [0.717, 1.165) is 5.56 Å². The van der Waals surface area contributed by atoms with E-state index >= 15 is 0 Å². The van der Waals surface area contributed by atoms with Crippen LogP contribution in [0, 0.1) is 0 Å². The lowest BCUT2D eigenvalue weighted by Gasteiger charge is -2.16. The molecule has 0 aliphatic carbocycles. The summed E-state index contributed by atoms with van der Waals surface area (Å²) >= 11 is 6.13. The van der Waals surface area contributed by atoms with Gasteiger partial charge in [0.15, 0.2) is 5.76 Å². The zero-order chi connectivity index (χ0) is 14.4. The topological polar surface area (TPSA) is 49.5 Å². The number of aliphatic hydroxyl groups is 1. The molecule has 106 valence electrons. The van der Waals surface area contributed by atoms with Crippen molar-refractivity contribution in [1.29, 1.82) is 0 Å². The van der Waals surface area contributed by atoms with Gasteiger partial charge in [-0.3, -0.25) is 4.90 Å². The van der Waals surface area contributed by atoms with Gasteiger partial charge in [0.05, 0.1) is 24.4 Å². The zero-order valence-corrected chi connectivity index (χ0v) is 11.9. The molecule has 0 aliphatic heterocycles. The first-order valence-corrected chi connectivity index (χ1v) is 6.76. The SMILES string of the molecule is C=CCN(CCO)Cc1ncc(-c2ccccc2Cl)o1. The molecule has 0 aliphatic rings. The van der Waals surface area contributed by atoms with Gasteiger partial charge >= 0.3 is 0 Å². The Morgan fingerprint density at radius 2 is 2.20 bits per heavy atom. The summed E-state index contributed by atoms with van der Waals surface area (Å²) < 4.78 is 5.72. The summed E-state index contributed by atoms with van der Waals surface area (Å²) in [6.45, 7) is 5.53. The van der Waals surface area contributed by atoms with Crippen LogP contribution < -0.4 is 0 Å². The first kappa shape index (κ1) is 14.8. The van der Waals surface area contributed by atoms with E-state index < -0.39 is 0 Å². The Labute approximate surface area is 123 Å². The number of benzene rings is 1. The fraction of sp³-hybridized carbons (Fsp3) is 0.267. The predicted molar refractivity (Wildman–Crippen MR) is 79.5 cm³/mol. The van der Waals surface area contributed by atoms with Gasteiger partial charge in [-0.2, -0.15) is 0 Å². The minimum atomic E-state index is 0.0892. The quantitative estimate of drug-likeness (QED) is 0.797. The summed E-state index contributed by atoms with van der Waals surface area (Å²) in [6, 6.07) is 7.48. The van der Waals surface area contributed by atoms with E-state index in [1.165, 1.54) is 0 Å². The van der Waals surface area contributed by atoms with E-state index in [2.05, 4.69) is 11.6 Å². The Morgan fingerprint density at radius 3 is 2.90 bits per heavy atom. The molecule has 0 saturated carbocycles. The van der Waals surface area contributed by atoms with Crippen molar-refractivity contribution < 1.29 is 9.52 Å². The molecule has 1 heterocycles. The average molecular weight is 293 g/mol. The lowest BCUT2D eigenvalue weighted by atomic mass is 10.2. The number of rotatable bonds is 7. The van der Waals surface area contributed by atoms with Gasteiger partial charge in [-0.05, 0) is 12.1 Å². The summed E-state index contributed by atoms with van der Waals surface area (Å²) in [6.07, 6.45) is 3.45. The lowest BCUT2D eigenvalue weighted by molar-refractivity contribution is 0.192. The third-order valence-corrected chi connectivity index (χ3v) is 3.18. The van der Waals surface area contributed by atoms with Crippen molar-refractivity contribution in [2.75, 3.05) is 19.7 Å². The molecular formula is C15H17ClN2O2. The highest BCUT2D eigenvalue weighted by molar-refractivity contribution is 6.33. The third kappa shape index (κ3) is 3.70. The van der Waals surface area contributed by atoms with Crippen LogP contribution in [0.4, 0.5) is 0 Å². The van der Waals surface area contributed by atoms with E-state index in [1.54, 1.807) is 12.3 Å². The maximum absolute atomic E-state index is 9.02. The molecule has 0 saturated heterocycles. The van der Waals surface area contributed by atoms with Gasteiger partial charge in [-0.1, -0.05) is 29.8 Å². The molecule has 1 aromatic heterocycles. The second-order valence-electron chi connectivity index (χ2n) is 4.35. The van der Waals surface area contributed by atoms with E-state index in [1.807, 2.05) is 29.2 Å². The largest absolute Gasteiger partial charge is 0.439 e. The molecule has 20 heavy (non-hydrogen) atoms. The van der Waals surface area contributed by atoms with Gasteiger partial charge < -0.3 is 9.52 Å². The van der Waals surface area contributed by atoms with Crippen LogP contribution in [0.3, 0.4) is 0 Å². The van der Waals surface area contributed by atoms with Crippen LogP contribution >= 0.6 is 11.6 Å². The van der Waals surface area contributed by atoms with Gasteiger partial charge in [0.2, 0.25) is 5.89 Å². The highest BCUT2D eigenvalue weighted by atomic mass is 35.5. The molecule has 5 heteroatoms. The van der Waals surface area contributed by atoms with Gasteiger partial charge in [0, 0.05) is 18.7 Å². The Morgan fingerprint density at radius 1 is 1.40 bits per heavy atom. The first-order chi connectivity index (χ1) is 9.74. The van der Waals surface area contributed by atoms with Crippen LogP contribution in [0.25, 0.3) is 11.3 Å². The maximum atomic E-state index is 9.02. The van der Waals surface area contributed by atoms with E-state index in [4.69, 9.17) is 21.1 Å². The van der Waals surface area contributed by atoms with Crippen molar-refractivity contribution in [3.05, 3.63) is 54.0 Å². The van der Waals surface area contributed by atoms with Gasteiger partial charge in [-0.25, -0.2) is 4.98 Å². The maximum Gasteiger partial charge on any atom is 0.209 e. The third-order valence-electron chi connectivity index (χ3n) is 2.86. The highest BCUT2D eigenvalue weighted by Crippen LogP contribution is 2.28. The van der Waals surface area contributed by atoms with Crippen LogP contribution in [-0.4, -0.2) is 34.7 Å². The molecular weight excluding hydrogens is 276 g/mol. The van der Waals surface area contributed by atoms with Crippen molar-refractivity contribution in [2.45, 2.75) is 6.54 Å². The molecule has 0 bridgehead atoms. The van der Waals surface area contributed by atoms with Gasteiger partial charge in [-0.15, -0.1) is 6.58 Å². The molecule has 1 N–H and O–H groups in total. The molecule has 0 unspecified atom stereocenters. The Hall–Kier alpha value is -1.62. The molecule has 2 aromatic rings. The number of hydrogen-bond donors (Lipinski definition) is 1. The van der Waals surface area contributed by atoms with Crippen molar-refractivity contribution in [2.24, 2.45) is 0 Å². The van der Waals surface area contributed by atoms with Crippen LogP contribution in [0.15, 0.2) is 47.5 Å². The number of hydrogen-bond acceptors (Lipinski definition) is 4. The molecule has 4 nitrogen and oxygen atoms in total. The second-order valence-corrected chi connectivity index (χ2v) is 4.75. The number of halogens is 1. The zero-order valence-electron chi connectivity index (χ0n) is 11.1. The number of aliphatic hydroxyl groups excluding tert-OH is 1. The van der Waals surface area contributed by atoms with Crippen molar-refractivity contribution in [3.63, 3.8) is 0 Å². The predicted octanol–water partition coefficient (Wildman–Crippen LogP) is 2.98. The summed E-state index contributed by atoms with van der Waals surface area (Å²) in [7, 11) is 0. The number of oxazole rings is 1. The van der Waals surface area contributed by atoms with Gasteiger partial charge in [0.25, 0.3) is 0 Å². The number of nitrogens with zero attached hydrogens (tertiary/aromatic N) is 2. The smallest absolute Gasteiger partial charge is 0.209 e. The number of aromatic nitrogens is 1. The van der Waals surface area contributed by atoms with E-state index in [-0.39, 0.29) is 6.61 Å². The Balaban J connectivity index is 2.12. The highest BCUT2D eigenvalue weighted by Gasteiger charge is 2.12. The molecule has 1 aromatic carbocycles. The van der Waals surface area contributed by atoms with Crippen LogP contribution in [-0.2, 0) is 6.54 Å². The van der Waals surface area contributed by atoms with E-state index in [9.17, 15) is 0 Å². The van der Waals surface area contributed by atoms with Crippen LogP contribution in [0.5, 0.6) is 0 Å². The average Bonchev–Trinajstić information content (AvgIpc) is 2.88. The molecule has 0 radical (unpaired) electrons. The monoisotopic (exact) mass is 292 g/mol. The van der Waals surface area contributed by atoms with E-state index in [0.29, 0.717) is 36.3 Å². The molecule has 2 rings (SSSR count). The minimum absolute atomic E-state index is 0.0892. The lowest BCUT2D eigenvalue weighted by Crippen LogP contribution is -2.26. The first-order valence-electron chi connectivity index (χ1n) is 6.38. The van der Waals surface area contributed by atoms with Gasteiger partial charge in [0.1, 0.15) is 0 Å². The molecule has 0 fully saturated rings. The van der Waals surface area contributed by atoms with Crippen LogP contribution in [0.2, 0.25) is 5.02 Å². The summed E-state index contributed by atoms with van der Waals surface area (Å²) in [4.78, 5) is 6.25. The fourth-order valence-corrected chi connectivity index (χ4v) is 2.15. The Kier molecular flexibility index (Phi) is 5.35. The van der Waals surface area contributed by atoms with Crippen molar-refractivity contribution >= 4 is 11.6 Å². The van der Waals surface area contributed by atoms with Crippen LogP contribution in [0.1, 0.15) is 5.89 Å². The summed E-state index contributed by atoms with van der Waals surface area (Å²) in [5.74, 6) is 1.24. The molecule has 0 atom stereocenters. The van der Waals surface area contributed by atoms with Crippen molar-refractivity contribution in [1.82, 2.24) is 9.88 Å². The summed E-state index contributed by atoms with van der Waals surface area (Å²) in [5, 5.41) is 9.65. The fourth-order valence-electron chi connectivity index (χ4n) is 1.92. The molecule has 0 spiro atoms. The normalized spacial score (nSPS) is 10.9. The minimum Gasteiger partial charge on any atom is -0.439 e. The Bertz CT molecular complexity index is 569. The summed E-state index contributed by atoms with van der Waals surface area (Å²) in [5.41, 5.74) is 0.824.